The second-order valence-electron chi connectivity index (χ2n) is 6.37. The van der Waals surface area contributed by atoms with Crippen molar-refractivity contribution in [3.8, 4) is 0 Å². The first kappa shape index (κ1) is 21.5. The number of hydrogen-bond acceptors (Lipinski definition) is 4. The Kier molecular flexibility index (Phi) is 7.19. The number of primary amides is 1. The molecular weight excluding hydrogens is 352 g/mol. The molecule has 0 aliphatic heterocycles. The van der Waals surface area contributed by atoms with Gasteiger partial charge in [-0.3, -0.25) is 9.78 Å². The van der Waals surface area contributed by atoms with Gasteiger partial charge in [-0.1, -0.05) is 6.07 Å². The topological polar surface area (TPSA) is 80.9 Å². The van der Waals surface area contributed by atoms with Gasteiger partial charge in [-0.2, -0.15) is 13.2 Å². The molecule has 0 saturated carbocycles. The number of carbonyl (C=O) groups excluding carboxylic acids is 1. The smallest absolute Gasteiger partial charge is 0.364 e. The molecule has 1 amide bonds. The van der Waals surface area contributed by atoms with E-state index in [0.29, 0.717) is 12.1 Å². The van der Waals surface area contributed by atoms with Gasteiger partial charge in [0.25, 0.3) is 5.91 Å². The number of nitrogens with two attached hydrogens (primary N) is 1. The molecule has 2 rings (SSSR count). The summed E-state index contributed by atoms with van der Waals surface area (Å²) in [7, 11) is 0. The number of halogens is 4. The Labute approximate surface area is 148 Å². The van der Waals surface area contributed by atoms with Gasteiger partial charge >= 0.3 is 6.18 Å². The van der Waals surface area contributed by atoms with Crippen LogP contribution in [0.25, 0.3) is 0 Å². The first-order chi connectivity index (χ1) is 11.9. The third-order valence-electron chi connectivity index (χ3n) is 2.98. The predicted molar refractivity (Wildman–Crippen MR) is 88.5 cm³/mol. The molecule has 0 bridgehead atoms. The third-order valence-corrected chi connectivity index (χ3v) is 2.98. The first-order valence-corrected chi connectivity index (χ1v) is 7.56. The van der Waals surface area contributed by atoms with Crippen LogP contribution in [0, 0.1) is 5.82 Å². The van der Waals surface area contributed by atoms with Crippen molar-refractivity contribution >= 4 is 5.91 Å². The Morgan fingerprint density at radius 2 is 1.85 bits per heavy atom. The molecule has 1 aromatic carbocycles. The molecule has 1 aromatic heterocycles. The molecule has 9 heteroatoms. The summed E-state index contributed by atoms with van der Waals surface area (Å²) in [6, 6.07) is 2.97. The van der Waals surface area contributed by atoms with E-state index in [9.17, 15) is 22.4 Å². The van der Waals surface area contributed by atoms with E-state index in [1.807, 2.05) is 20.8 Å². The maximum Gasteiger partial charge on any atom is 0.419 e. The van der Waals surface area contributed by atoms with Gasteiger partial charge in [0.2, 0.25) is 0 Å². The van der Waals surface area contributed by atoms with Gasteiger partial charge in [-0.15, -0.1) is 0 Å². The van der Waals surface area contributed by atoms with Gasteiger partial charge < -0.3 is 11.1 Å². The molecule has 0 atom stereocenters. The van der Waals surface area contributed by atoms with Crippen LogP contribution in [0.5, 0.6) is 0 Å². The summed E-state index contributed by atoms with van der Waals surface area (Å²) in [5, 5.41) is 3.08. The number of carbonyl (C=O) groups is 1. The number of rotatable bonds is 3. The maximum absolute atomic E-state index is 13.2. The second-order valence-corrected chi connectivity index (χ2v) is 6.37. The highest BCUT2D eigenvalue weighted by Gasteiger charge is 2.33. The molecule has 0 unspecified atom stereocenters. The molecule has 0 fully saturated rings. The summed E-state index contributed by atoms with van der Waals surface area (Å²) in [4.78, 5) is 17.6. The van der Waals surface area contributed by atoms with Crippen molar-refractivity contribution in [3.05, 3.63) is 59.4 Å². The summed E-state index contributed by atoms with van der Waals surface area (Å²) in [5.74, 6) is -1.78. The average molecular weight is 372 g/mol. The number of alkyl halides is 3. The number of hydrogen-bond donors (Lipinski definition) is 2. The highest BCUT2D eigenvalue weighted by Crippen LogP contribution is 2.31. The fourth-order valence-corrected chi connectivity index (χ4v) is 1.69. The van der Waals surface area contributed by atoms with Crippen LogP contribution in [-0.2, 0) is 12.7 Å². The molecule has 0 aliphatic carbocycles. The van der Waals surface area contributed by atoms with Gasteiger partial charge in [-0.05, 0) is 38.5 Å². The lowest BCUT2D eigenvalue weighted by molar-refractivity contribution is -0.140. The summed E-state index contributed by atoms with van der Waals surface area (Å²) in [6.07, 6.45) is -0.422. The zero-order valence-electron chi connectivity index (χ0n) is 14.6. The van der Waals surface area contributed by atoms with Crippen molar-refractivity contribution in [1.82, 2.24) is 15.3 Å². The third kappa shape index (κ3) is 7.56. The van der Waals surface area contributed by atoms with Gasteiger partial charge in [0.15, 0.2) is 0 Å². The Hall–Kier alpha value is -2.55. The fraction of sp³-hybridized carbons (Fsp3) is 0.353. The molecule has 142 valence electrons. The standard InChI is InChI=1S/C12H15F4N.C5H5N3O/c1-11(2,3)17-7-8-4-5-9(10(13)6-8)12(14,15)16;6-5(9)4-3-7-1-2-8-4/h4-6,17H,7H2,1-3H3;1-3H,(H2,6,9). The van der Waals surface area contributed by atoms with Crippen molar-refractivity contribution in [2.24, 2.45) is 5.73 Å². The summed E-state index contributed by atoms with van der Waals surface area (Å²) in [6.45, 7) is 6.10. The Balaban J connectivity index is 0.000000314. The minimum Gasteiger partial charge on any atom is -0.364 e. The van der Waals surface area contributed by atoms with Gasteiger partial charge in [0.1, 0.15) is 11.5 Å². The quantitative estimate of drug-likeness (QED) is 0.810. The molecule has 0 radical (unpaired) electrons. The highest BCUT2D eigenvalue weighted by molar-refractivity contribution is 5.90. The van der Waals surface area contributed by atoms with Crippen molar-refractivity contribution in [1.29, 1.82) is 0 Å². The molecule has 0 spiro atoms. The van der Waals surface area contributed by atoms with Crippen LogP contribution in [0.2, 0.25) is 0 Å². The molecule has 0 saturated heterocycles. The zero-order chi connectivity index (χ0) is 20.0. The van der Waals surface area contributed by atoms with E-state index in [0.717, 1.165) is 12.1 Å². The van der Waals surface area contributed by atoms with Crippen LogP contribution < -0.4 is 11.1 Å². The number of amides is 1. The first-order valence-electron chi connectivity index (χ1n) is 7.56. The van der Waals surface area contributed by atoms with Crippen molar-refractivity contribution in [3.63, 3.8) is 0 Å². The maximum atomic E-state index is 13.2. The minimum atomic E-state index is -4.64. The number of benzene rings is 1. The van der Waals surface area contributed by atoms with Crippen LogP contribution in [0.15, 0.2) is 36.8 Å². The molecule has 5 nitrogen and oxygen atoms in total. The molecule has 0 aliphatic rings. The van der Waals surface area contributed by atoms with Crippen LogP contribution in [0.4, 0.5) is 17.6 Å². The van der Waals surface area contributed by atoms with Gasteiger partial charge in [-0.25, -0.2) is 9.37 Å². The van der Waals surface area contributed by atoms with Crippen LogP contribution in [-0.4, -0.2) is 21.4 Å². The SMILES string of the molecule is CC(C)(C)NCc1ccc(C(F)(F)F)c(F)c1.NC(=O)c1cnccn1. The van der Waals surface area contributed by atoms with E-state index in [1.54, 1.807) is 0 Å². The van der Waals surface area contributed by atoms with E-state index in [1.165, 1.54) is 24.7 Å². The molecular formula is C17H20F4N4O. The van der Waals surface area contributed by atoms with Crippen molar-refractivity contribution in [2.75, 3.05) is 0 Å². The molecule has 1 heterocycles. The van der Waals surface area contributed by atoms with Crippen LogP contribution >= 0.6 is 0 Å². The lowest BCUT2D eigenvalue weighted by Gasteiger charge is -2.20. The molecule has 3 N–H and O–H groups in total. The second kappa shape index (κ2) is 8.70. The Bertz CT molecular complexity index is 728. The van der Waals surface area contributed by atoms with E-state index >= 15 is 0 Å². The van der Waals surface area contributed by atoms with Crippen molar-refractivity contribution < 1.29 is 22.4 Å². The summed E-state index contributed by atoms with van der Waals surface area (Å²) >= 11 is 0. The Morgan fingerprint density at radius 1 is 1.19 bits per heavy atom. The largest absolute Gasteiger partial charge is 0.419 e. The van der Waals surface area contributed by atoms with E-state index in [-0.39, 0.29) is 11.2 Å². The average Bonchev–Trinajstić information content (AvgIpc) is 2.52. The Morgan fingerprint density at radius 3 is 2.23 bits per heavy atom. The van der Waals surface area contributed by atoms with Gasteiger partial charge in [0, 0.05) is 24.5 Å². The molecule has 2 aromatic rings. The van der Waals surface area contributed by atoms with Crippen molar-refractivity contribution in [2.45, 2.75) is 39.0 Å². The normalized spacial score (nSPS) is 11.5. The summed E-state index contributed by atoms with van der Waals surface area (Å²) in [5.41, 5.74) is 4.16. The van der Waals surface area contributed by atoms with E-state index in [2.05, 4.69) is 15.3 Å². The fourth-order valence-electron chi connectivity index (χ4n) is 1.69. The minimum absolute atomic E-state index is 0.167. The summed E-state index contributed by atoms with van der Waals surface area (Å²) < 4.78 is 50.1. The lowest BCUT2D eigenvalue weighted by Crippen LogP contribution is -2.35. The monoisotopic (exact) mass is 372 g/mol. The lowest BCUT2D eigenvalue weighted by atomic mass is 10.1. The van der Waals surface area contributed by atoms with Crippen LogP contribution in [0.1, 0.15) is 42.4 Å². The number of nitrogens with zero attached hydrogens (tertiary/aromatic N) is 2. The van der Waals surface area contributed by atoms with Gasteiger partial charge in [0.05, 0.1) is 11.8 Å². The molecule has 26 heavy (non-hydrogen) atoms. The number of nitrogens with one attached hydrogen (secondary N) is 1. The highest BCUT2D eigenvalue weighted by atomic mass is 19.4. The van der Waals surface area contributed by atoms with Crippen LogP contribution in [0.3, 0.4) is 0 Å². The zero-order valence-corrected chi connectivity index (χ0v) is 14.6. The van der Waals surface area contributed by atoms with E-state index < -0.39 is 23.5 Å². The predicted octanol–water partition coefficient (Wildman–Crippen LogP) is 3.31. The number of aromatic nitrogens is 2. The van der Waals surface area contributed by atoms with E-state index in [4.69, 9.17) is 5.73 Å².